The standard InChI is InChI=1S/C17H26F2N2/c1-20-16(14-8-7-9-15(18)17(14)19)10-13-21-11-5-3-2-4-6-12-21/h7-9,16,20H,2-6,10-13H2,1H3. The van der Waals surface area contributed by atoms with Gasteiger partial charge in [-0.25, -0.2) is 8.78 Å². The highest BCUT2D eigenvalue weighted by molar-refractivity contribution is 5.22. The molecular formula is C17H26F2N2. The van der Waals surface area contributed by atoms with Crippen molar-refractivity contribution >= 4 is 0 Å². The lowest BCUT2D eigenvalue weighted by Gasteiger charge is -2.27. The summed E-state index contributed by atoms with van der Waals surface area (Å²) < 4.78 is 27.3. The van der Waals surface area contributed by atoms with Crippen LogP contribution in [0.1, 0.15) is 50.1 Å². The Morgan fingerprint density at radius 1 is 1.10 bits per heavy atom. The third-order valence-electron chi connectivity index (χ3n) is 4.39. The largest absolute Gasteiger partial charge is 0.313 e. The molecule has 1 aliphatic heterocycles. The zero-order valence-electron chi connectivity index (χ0n) is 12.9. The van der Waals surface area contributed by atoms with Crippen LogP contribution < -0.4 is 5.32 Å². The number of rotatable bonds is 5. The quantitative estimate of drug-likeness (QED) is 0.887. The van der Waals surface area contributed by atoms with Crippen molar-refractivity contribution in [3.8, 4) is 0 Å². The molecule has 0 spiro atoms. The molecule has 2 rings (SSSR count). The van der Waals surface area contributed by atoms with Gasteiger partial charge >= 0.3 is 0 Å². The number of halogens is 2. The minimum atomic E-state index is -0.765. The molecule has 0 bridgehead atoms. The van der Waals surface area contributed by atoms with Gasteiger partial charge in [0, 0.05) is 11.6 Å². The summed E-state index contributed by atoms with van der Waals surface area (Å²) in [6.45, 7) is 3.19. The van der Waals surface area contributed by atoms with E-state index in [0.717, 1.165) is 26.1 Å². The van der Waals surface area contributed by atoms with Gasteiger partial charge in [0.1, 0.15) is 0 Å². The average molecular weight is 296 g/mol. The fourth-order valence-electron chi connectivity index (χ4n) is 3.09. The summed E-state index contributed by atoms with van der Waals surface area (Å²) >= 11 is 0. The zero-order valence-corrected chi connectivity index (χ0v) is 12.9. The number of nitrogens with one attached hydrogen (secondary N) is 1. The van der Waals surface area contributed by atoms with E-state index >= 15 is 0 Å². The van der Waals surface area contributed by atoms with Gasteiger partial charge in [-0.3, -0.25) is 0 Å². The Morgan fingerprint density at radius 2 is 1.76 bits per heavy atom. The number of nitrogens with zero attached hydrogens (tertiary/aromatic N) is 1. The topological polar surface area (TPSA) is 15.3 Å². The maximum Gasteiger partial charge on any atom is 0.163 e. The van der Waals surface area contributed by atoms with Gasteiger partial charge in [-0.1, -0.05) is 31.4 Å². The van der Waals surface area contributed by atoms with Crippen LogP contribution in [0, 0.1) is 11.6 Å². The van der Waals surface area contributed by atoms with Crippen LogP contribution in [0.4, 0.5) is 8.78 Å². The van der Waals surface area contributed by atoms with Crippen LogP contribution >= 0.6 is 0 Å². The van der Waals surface area contributed by atoms with Crippen molar-refractivity contribution in [3.05, 3.63) is 35.4 Å². The van der Waals surface area contributed by atoms with Crippen LogP contribution in [0.3, 0.4) is 0 Å². The number of hydrogen-bond donors (Lipinski definition) is 1. The second-order valence-electron chi connectivity index (χ2n) is 5.88. The highest BCUT2D eigenvalue weighted by Gasteiger charge is 2.18. The third-order valence-corrected chi connectivity index (χ3v) is 4.39. The van der Waals surface area contributed by atoms with Crippen LogP contribution in [0.15, 0.2) is 18.2 Å². The second kappa shape index (κ2) is 8.44. The van der Waals surface area contributed by atoms with E-state index in [2.05, 4.69) is 10.2 Å². The van der Waals surface area contributed by atoms with E-state index in [1.807, 2.05) is 7.05 Å². The van der Waals surface area contributed by atoms with E-state index in [0.29, 0.717) is 5.56 Å². The highest BCUT2D eigenvalue weighted by atomic mass is 19.2. The molecule has 1 aromatic carbocycles. The van der Waals surface area contributed by atoms with Crippen molar-refractivity contribution < 1.29 is 8.78 Å². The smallest absolute Gasteiger partial charge is 0.163 e. The molecule has 0 aromatic heterocycles. The molecule has 0 amide bonds. The van der Waals surface area contributed by atoms with Gasteiger partial charge < -0.3 is 10.2 Å². The lowest BCUT2D eigenvalue weighted by Crippen LogP contribution is -2.31. The molecule has 1 atom stereocenters. The molecule has 1 saturated heterocycles. The first-order valence-corrected chi connectivity index (χ1v) is 8.06. The Morgan fingerprint density at radius 3 is 2.43 bits per heavy atom. The molecule has 1 unspecified atom stereocenters. The third kappa shape index (κ3) is 4.75. The van der Waals surface area contributed by atoms with Crippen molar-refractivity contribution in [2.24, 2.45) is 0 Å². The lowest BCUT2D eigenvalue weighted by atomic mass is 10.0. The number of hydrogen-bond acceptors (Lipinski definition) is 2. The molecular weight excluding hydrogens is 270 g/mol. The molecule has 1 N–H and O–H groups in total. The van der Waals surface area contributed by atoms with Gasteiger partial charge in [0.25, 0.3) is 0 Å². The Labute approximate surface area is 126 Å². The van der Waals surface area contributed by atoms with Gasteiger partial charge in [0.05, 0.1) is 0 Å². The molecule has 1 fully saturated rings. The normalized spacial score (nSPS) is 19.0. The SMILES string of the molecule is CNC(CCN1CCCCCCC1)c1cccc(F)c1F. The minimum absolute atomic E-state index is 0.133. The molecule has 4 heteroatoms. The Balaban J connectivity index is 1.93. The molecule has 0 aliphatic carbocycles. The fraction of sp³-hybridized carbons (Fsp3) is 0.647. The van der Waals surface area contributed by atoms with E-state index < -0.39 is 11.6 Å². The molecule has 1 aromatic rings. The number of benzene rings is 1. The summed E-state index contributed by atoms with van der Waals surface area (Å²) in [7, 11) is 1.81. The fourth-order valence-corrected chi connectivity index (χ4v) is 3.09. The van der Waals surface area contributed by atoms with E-state index in [-0.39, 0.29) is 6.04 Å². The molecule has 0 saturated carbocycles. The van der Waals surface area contributed by atoms with E-state index in [9.17, 15) is 8.78 Å². The molecule has 1 heterocycles. The summed E-state index contributed by atoms with van der Waals surface area (Å²) in [6.07, 6.45) is 7.27. The van der Waals surface area contributed by atoms with Crippen LogP contribution in [-0.4, -0.2) is 31.6 Å². The van der Waals surface area contributed by atoms with Crippen molar-refractivity contribution in [2.75, 3.05) is 26.7 Å². The Bertz CT molecular complexity index is 429. The van der Waals surface area contributed by atoms with Gasteiger partial charge in [-0.05, 0) is 52.0 Å². The highest BCUT2D eigenvalue weighted by Crippen LogP contribution is 2.22. The lowest BCUT2D eigenvalue weighted by molar-refractivity contribution is 0.234. The Hall–Kier alpha value is -1.00. The zero-order chi connectivity index (χ0) is 15.1. The number of likely N-dealkylation sites (tertiary alicyclic amines) is 1. The second-order valence-corrected chi connectivity index (χ2v) is 5.88. The summed E-state index contributed by atoms with van der Waals surface area (Å²) in [6, 6.07) is 4.29. The van der Waals surface area contributed by atoms with Gasteiger partial charge in [-0.2, -0.15) is 0 Å². The summed E-state index contributed by atoms with van der Waals surface area (Å²) in [4.78, 5) is 2.46. The first-order chi connectivity index (χ1) is 10.2. The monoisotopic (exact) mass is 296 g/mol. The van der Waals surface area contributed by atoms with Gasteiger partial charge in [0.15, 0.2) is 11.6 Å². The van der Waals surface area contributed by atoms with Crippen molar-refractivity contribution in [1.82, 2.24) is 10.2 Å². The van der Waals surface area contributed by atoms with Crippen LogP contribution in [-0.2, 0) is 0 Å². The van der Waals surface area contributed by atoms with E-state index in [1.54, 1.807) is 12.1 Å². The average Bonchev–Trinajstić information content (AvgIpc) is 2.45. The van der Waals surface area contributed by atoms with Gasteiger partial charge in [0.2, 0.25) is 0 Å². The Kier molecular flexibility index (Phi) is 6.58. The van der Waals surface area contributed by atoms with Crippen molar-refractivity contribution in [1.29, 1.82) is 0 Å². The van der Waals surface area contributed by atoms with Crippen LogP contribution in [0.25, 0.3) is 0 Å². The van der Waals surface area contributed by atoms with E-state index in [4.69, 9.17) is 0 Å². The maximum absolute atomic E-state index is 13.9. The summed E-state index contributed by atoms with van der Waals surface area (Å²) in [5.41, 5.74) is 0.435. The molecule has 118 valence electrons. The predicted octanol–water partition coefficient (Wildman–Crippen LogP) is 3.88. The predicted molar refractivity (Wildman–Crippen MR) is 82.3 cm³/mol. The van der Waals surface area contributed by atoms with Gasteiger partial charge in [-0.15, -0.1) is 0 Å². The van der Waals surface area contributed by atoms with Crippen molar-refractivity contribution in [2.45, 2.75) is 44.6 Å². The van der Waals surface area contributed by atoms with Crippen LogP contribution in [0.2, 0.25) is 0 Å². The minimum Gasteiger partial charge on any atom is -0.313 e. The summed E-state index contributed by atoms with van der Waals surface area (Å²) in [5, 5.41) is 3.12. The first kappa shape index (κ1) is 16.4. The molecule has 0 radical (unpaired) electrons. The van der Waals surface area contributed by atoms with E-state index in [1.165, 1.54) is 38.2 Å². The maximum atomic E-state index is 13.9. The van der Waals surface area contributed by atoms with Crippen LogP contribution in [0.5, 0.6) is 0 Å². The molecule has 1 aliphatic rings. The summed E-state index contributed by atoms with van der Waals surface area (Å²) in [5.74, 6) is -1.48. The molecule has 21 heavy (non-hydrogen) atoms. The molecule has 2 nitrogen and oxygen atoms in total. The van der Waals surface area contributed by atoms with Crippen molar-refractivity contribution in [3.63, 3.8) is 0 Å². The first-order valence-electron chi connectivity index (χ1n) is 8.06.